The van der Waals surface area contributed by atoms with Gasteiger partial charge in [0.2, 0.25) is 0 Å². The molecular weight excluding hydrogens is 370 g/mol. The molecule has 5 rings (SSSR count). The van der Waals surface area contributed by atoms with Crippen LogP contribution in [-0.2, 0) is 17.7 Å². The largest absolute Gasteiger partial charge is 0.464 e. The third-order valence-electron chi connectivity index (χ3n) is 5.59. The van der Waals surface area contributed by atoms with Gasteiger partial charge in [0.15, 0.2) is 0 Å². The van der Waals surface area contributed by atoms with Crippen LogP contribution in [0.25, 0.3) is 10.8 Å². The summed E-state index contributed by atoms with van der Waals surface area (Å²) in [6.07, 6.45) is 2.59. The molecule has 5 nitrogen and oxygen atoms in total. The molecule has 2 aliphatic heterocycles. The van der Waals surface area contributed by atoms with Crippen molar-refractivity contribution in [2.24, 2.45) is 0 Å². The molecule has 1 saturated heterocycles. The zero-order valence-corrected chi connectivity index (χ0v) is 16.2. The minimum Gasteiger partial charge on any atom is -0.464 e. The van der Waals surface area contributed by atoms with Crippen LogP contribution in [0.5, 0.6) is 0 Å². The summed E-state index contributed by atoms with van der Waals surface area (Å²) < 4.78 is 4.84. The maximum Gasteiger partial charge on any atom is 0.356 e. The predicted octanol–water partition coefficient (Wildman–Crippen LogP) is 4.17. The lowest BCUT2D eigenvalue weighted by Gasteiger charge is -2.34. The standard InChI is InChI=1S/C22H19N3O2S/c1-27-22(26)18-10-17-14(11-24-18)7-4-8-16(17)21-25-12-15-6-3-2-5-13(15)9-19(25)20(23)28-21/h2-8,10-11,19,21,23H,9,12H2,1H3/t19?,21-/m0/s1. The van der Waals surface area contributed by atoms with Crippen LogP contribution >= 0.6 is 11.8 Å². The minimum absolute atomic E-state index is 0.0439. The monoisotopic (exact) mass is 389 g/mol. The van der Waals surface area contributed by atoms with Crippen LogP contribution in [0.15, 0.2) is 54.7 Å². The summed E-state index contributed by atoms with van der Waals surface area (Å²) in [7, 11) is 1.37. The third kappa shape index (κ3) is 2.72. The number of hydrogen-bond donors (Lipinski definition) is 1. The Hall–Kier alpha value is -2.70. The average Bonchev–Trinajstić information content (AvgIpc) is 3.06. The fourth-order valence-electron chi connectivity index (χ4n) is 4.17. The SMILES string of the molecule is COC(=O)c1cc2c([C@@H]3SC(=N)C4Cc5ccccc5CN43)cccc2cn1. The van der Waals surface area contributed by atoms with Gasteiger partial charge in [0.1, 0.15) is 5.69 Å². The summed E-state index contributed by atoms with van der Waals surface area (Å²) in [5, 5.41) is 11.3. The van der Waals surface area contributed by atoms with Gasteiger partial charge in [-0.1, -0.05) is 54.2 Å². The highest BCUT2D eigenvalue weighted by molar-refractivity contribution is 8.14. The quantitative estimate of drug-likeness (QED) is 0.667. The first-order valence-electron chi connectivity index (χ1n) is 9.20. The Morgan fingerprint density at radius 3 is 2.86 bits per heavy atom. The second-order valence-electron chi connectivity index (χ2n) is 7.12. The highest BCUT2D eigenvalue weighted by Crippen LogP contribution is 2.48. The Morgan fingerprint density at radius 2 is 2.04 bits per heavy atom. The number of ether oxygens (including phenoxy) is 1. The summed E-state index contributed by atoms with van der Waals surface area (Å²) in [5.41, 5.74) is 4.09. The molecule has 28 heavy (non-hydrogen) atoms. The Labute approximate surface area is 167 Å². The van der Waals surface area contributed by atoms with Crippen molar-refractivity contribution in [3.63, 3.8) is 0 Å². The van der Waals surface area contributed by atoms with Gasteiger partial charge < -0.3 is 4.74 Å². The molecule has 3 heterocycles. The number of pyridine rings is 1. The van der Waals surface area contributed by atoms with Gasteiger partial charge in [-0.25, -0.2) is 9.78 Å². The van der Waals surface area contributed by atoms with Gasteiger partial charge in [-0.2, -0.15) is 0 Å². The van der Waals surface area contributed by atoms with Crippen molar-refractivity contribution in [1.82, 2.24) is 9.88 Å². The van der Waals surface area contributed by atoms with Crippen LogP contribution < -0.4 is 0 Å². The fraction of sp³-hybridized carbons (Fsp3) is 0.227. The fourth-order valence-corrected chi connectivity index (χ4v) is 5.47. The third-order valence-corrected chi connectivity index (χ3v) is 6.86. The first-order chi connectivity index (χ1) is 13.7. The van der Waals surface area contributed by atoms with Crippen LogP contribution in [0.3, 0.4) is 0 Å². The molecule has 2 aliphatic rings. The van der Waals surface area contributed by atoms with Crippen molar-refractivity contribution < 1.29 is 9.53 Å². The Kier molecular flexibility index (Phi) is 4.18. The van der Waals surface area contributed by atoms with Crippen molar-refractivity contribution >= 4 is 33.5 Å². The highest BCUT2D eigenvalue weighted by atomic mass is 32.2. The van der Waals surface area contributed by atoms with Gasteiger partial charge in [-0.15, -0.1) is 0 Å². The molecule has 1 N–H and O–H groups in total. The van der Waals surface area contributed by atoms with Gasteiger partial charge in [0.05, 0.1) is 23.6 Å². The zero-order chi connectivity index (χ0) is 19.3. The number of nitrogens with zero attached hydrogens (tertiary/aromatic N) is 2. The van der Waals surface area contributed by atoms with Crippen molar-refractivity contribution in [2.45, 2.75) is 24.4 Å². The smallest absolute Gasteiger partial charge is 0.356 e. The van der Waals surface area contributed by atoms with Crippen LogP contribution in [0.2, 0.25) is 0 Å². The molecule has 0 aliphatic carbocycles. The summed E-state index contributed by atoms with van der Waals surface area (Å²) >= 11 is 1.60. The number of carbonyl (C=O) groups excluding carboxylic acids is 1. The van der Waals surface area contributed by atoms with E-state index in [9.17, 15) is 4.79 Å². The maximum absolute atomic E-state index is 12.0. The van der Waals surface area contributed by atoms with E-state index in [1.807, 2.05) is 18.2 Å². The Balaban J connectivity index is 1.60. The molecule has 1 fully saturated rings. The number of nitrogens with one attached hydrogen (secondary N) is 1. The summed E-state index contributed by atoms with van der Waals surface area (Å²) in [6.45, 7) is 0.826. The molecule has 140 valence electrons. The van der Waals surface area contributed by atoms with Crippen molar-refractivity contribution in [3.05, 3.63) is 77.1 Å². The summed E-state index contributed by atoms with van der Waals surface area (Å²) in [5.74, 6) is -0.437. The van der Waals surface area contributed by atoms with Crippen molar-refractivity contribution in [3.8, 4) is 0 Å². The van der Waals surface area contributed by atoms with Crippen LogP contribution in [0, 0.1) is 5.41 Å². The second-order valence-corrected chi connectivity index (χ2v) is 8.25. The molecule has 3 aromatic rings. The normalized spacial score (nSPS) is 21.4. The summed E-state index contributed by atoms with van der Waals surface area (Å²) in [6, 6.07) is 16.5. The lowest BCUT2D eigenvalue weighted by Crippen LogP contribution is -2.39. The number of methoxy groups -OCH3 is 1. The van der Waals surface area contributed by atoms with Crippen LogP contribution in [0.1, 0.15) is 32.6 Å². The molecule has 1 aromatic heterocycles. The number of fused-ring (bicyclic) bond motifs is 3. The number of aromatic nitrogens is 1. The van der Waals surface area contributed by atoms with Gasteiger partial charge in [-0.05, 0) is 34.6 Å². The van der Waals surface area contributed by atoms with E-state index >= 15 is 0 Å². The van der Waals surface area contributed by atoms with Crippen LogP contribution in [-0.4, -0.2) is 34.0 Å². The first-order valence-corrected chi connectivity index (χ1v) is 10.1. The Morgan fingerprint density at radius 1 is 1.21 bits per heavy atom. The van der Waals surface area contributed by atoms with Gasteiger partial charge in [0.25, 0.3) is 0 Å². The van der Waals surface area contributed by atoms with E-state index in [1.165, 1.54) is 18.2 Å². The average molecular weight is 389 g/mol. The van der Waals surface area contributed by atoms with E-state index < -0.39 is 5.97 Å². The molecule has 2 atom stereocenters. The van der Waals surface area contributed by atoms with Gasteiger partial charge >= 0.3 is 5.97 Å². The molecule has 0 amide bonds. The molecule has 1 unspecified atom stereocenters. The van der Waals surface area contributed by atoms with Crippen molar-refractivity contribution in [2.75, 3.05) is 7.11 Å². The van der Waals surface area contributed by atoms with E-state index in [0.717, 1.165) is 29.3 Å². The molecule has 0 radical (unpaired) electrons. The van der Waals surface area contributed by atoms with E-state index in [-0.39, 0.29) is 11.4 Å². The lowest BCUT2D eigenvalue weighted by atomic mass is 9.93. The van der Waals surface area contributed by atoms with E-state index in [4.69, 9.17) is 10.1 Å². The molecule has 2 aromatic carbocycles. The molecule has 0 bridgehead atoms. The second kappa shape index (κ2) is 6.72. The predicted molar refractivity (Wildman–Crippen MR) is 111 cm³/mol. The summed E-state index contributed by atoms with van der Waals surface area (Å²) in [4.78, 5) is 18.6. The number of esters is 1. The van der Waals surface area contributed by atoms with Gasteiger partial charge in [-0.3, -0.25) is 10.3 Å². The first kappa shape index (κ1) is 17.4. The number of carbonyl (C=O) groups is 1. The maximum atomic E-state index is 12.0. The molecule has 0 saturated carbocycles. The number of benzene rings is 2. The van der Waals surface area contributed by atoms with Gasteiger partial charge in [0, 0.05) is 18.1 Å². The molecular formula is C22H19N3O2S. The number of rotatable bonds is 2. The lowest BCUT2D eigenvalue weighted by molar-refractivity contribution is 0.0594. The van der Waals surface area contributed by atoms with Crippen LogP contribution in [0.4, 0.5) is 0 Å². The minimum atomic E-state index is -0.437. The molecule has 0 spiro atoms. The van der Waals surface area contributed by atoms with Crippen molar-refractivity contribution in [1.29, 1.82) is 5.41 Å². The number of hydrogen-bond acceptors (Lipinski definition) is 6. The highest BCUT2D eigenvalue weighted by Gasteiger charge is 2.42. The Bertz CT molecular complexity index is 1110. The van der Waals surface area contributed by atoms with E-state index in [2.05, 4.69) is 40.2 Å². The topological polar surface area (TPSA) is 66.3 Å². The zero-order valence-electron chi connectivity index (χ0n) is 15.4. The molecule has 6 heteroatoms. The van der Waals surface area contributed by atoms with E-state index in [0.29, 0.717) is 10.7 Å². The van der Waals surface area contributed by atoms with E-state index in [1.54, 1.807) is 18.0 Å². The number of thioether (sulfide) groups is 1.